The molecule has 0 bridgehead atoms. The molecule has 2 rings (SSSR count). The van der Waals surface area contributed by atoms with E-state index in [2.05, 4.69) is 10.3 Å². The van der Waals surface area contributed by atoms with Crippen molar-refractivity contribution in [2.45, 2.75) is 6.54 Å². The van der Waals surface area contributed by atoms with Gasteiger partial charge in [-0.05, 0) is 18.2 Å². The van der Waals surface area contributed by atoms with Crippen molar-refractivity contribution in [3.05, 3.63) is 45.6 Å². The summed E-state index contributed by atoms with van der Waals surface area (Å²) in [5.41, 5.74) is 2.48. The fourth-order valence-electron chi connectivity index (χ4n) is 1.12. The number of halogens is 2. The Morgan fingerprint density at radius 3 is 3.00 bits per heavy atom. The van der Waals surface area contributed by atoms with Crippen molar-refractivity contribution < 1.29 is 4.39 Å². The summed E-state index contributed by atoms with van der Waals surface area (Å²) in [5.74, 6) is -0.411. The Balaban J connectivity index is 2.02. The van der Waals surface area contributed by atoms with E-state index in [4.69, 9.17) is 11.6 Å². The minimum absolute atomic E-state index is 0.137. The maximum absolute atomic E-state index is 13.1. The third kappa shape index (κ3) is 2.67. The van der Waals surface area contributed by atoms with Crippen molar-refractivity contribution in [2.75, 3.05) is 5.32 Å². The molecule has 2 nitrogen and oxygen atoms in total. The van der Waals surface area contributed by atoms with Crippen molar-refractivity contribution in [3.8, 4) is 0 Å². The summed E-state index contributed by atoms with van der Waals surface area (Å²) in [6.07, 6.45) is 1.78. The summed E-state index contributed by atoms with van der Waals surface area (Å²) in [6, 6.07) is 4.65. The molecule has 0 radical (unpaired) electrons. The molecule has 0 aliphatic carbocycles. The van der Waals surface area contributed by atoms with Crippen LogP contribution in [0.3, 0.4) is 0 Å². The first-order valence-corrected chi connectivity index (χ1v) is 5.58. The van der Waals surface area contributed by atoms with Gasteiger partial charge in [-0.3, -0.25) is 4.98 Å². The summed E-state index contributed by atoms with van der Waals surface area (Å²) in [4.78, 5) is 5.05. The predicted molar refractivity (Wildman–Crippen MR) is 60.9 cm³/mol. The first kappa shape index (κ1) is 10.4. The van der Waals surface area contributed by atoms with Crippen LogP contribution in [0.5, 0.6) is 0 Å². The molecule has 1 heterocycles. The van der Waals surface area contributed by atoms with Gasteiger partial charge in [-0.1, -0.05) is 11.6 Å². The predicted octanol–water partition coefficient (Wildman–Crippen LogP) is 3.55. The third-order valence-corrected chi connectivity index (χ3v) is 2.96. The highest BCUT2D eigenvalue weighted by molar-refractivity contribution is 7.09. The second-order valence-corrected chi connectivity index (χ2v) is 4.33. The number of anilines is 1. The van der Waals surface area contributed by atoms with E-state index >= 15 is 0 Å². The maximum Gasteiger partial charge on any atom is 0.143 e. The van der Waals surface area contributed by atoms with Crippen LogP contribution in [0.25, 0.3) is 0 Å². The molecule has 15 heavy (non-hydrogen) atoms. The van der Waals surface area contributed by atoms with Gasteiger partial charge >= 0.3 is 0 Å². The van der Waals surface area contributed by atoms with Gasteiger partial charge in [0.25, 0.3) is 0 Å². The zero-order valence-corrected chi connectivity index (χ0v) is 9.28. The molecule has 0 saturated heterocycles. The first-order valence-electron chi connectivity index (χ1n) is 4.32. The van der Waals surface area contributed by atoms with Crippen LogP contribution in [0.2, 0.25) is 5.02 Å². The zero-order valence-electron chi connectivity index (χ0n) is 7.71. The number of hydrogen-bond donors (Lipinski definition) is 1. The Hall–Kier alpha value is -1.13. The van der Waals surface area contributed by atoms with Crippen LogP contribution in [0, 0.1) is 5.82 Å². The van der Waals surface area contributed by atoms with Crippen LogP contribution in [0.15, 0.2) is 29.9 Å². The number of hydrogen-bond acceptors (Lipinski definition) is 3. The lowest BCUT2D eigenvalue weighted by Gasteiger charge is -2.04. The summed E-state index contributed by atoms with van der Waals surface area (Å²) in [7, 11) is 0. The third-order valence-electron chi connectivity index (χ3n) is 1.87. The molecule has 78 valence electrons. The highest BCUT2D eigenvalue weighted by Crippen LogP contribution is 2.19. The number of nitrogens with one attached hydrogen (secondary N) is 1. The molecule has 0 unspecified atom stereocenters. The summed E-state index contributed by atoms with van der Waals surface area (Å²) >= 11 is 7.13. The molecule has 0 spiro atoms. The van der Waals surface area contributed by atoms with Crippen molar-refractivity contribution >= 4 is 28.6 Å². The first-order chi connectivity index (χ1) is 7.25. The number of thiazole rings is 1. The van der Waals surface area contributed by atoms with Crippen molar-refractivity contribution in [3.63, 3.8) is 0 Å². The fourth-order valence-corrected chi connectivity index (χ4v) is 1.78. The van der Waals surface area contributed by atoms with E-state index in [9.17, 15) is 4.39 Å². The van der Waals surface area contributed by atoms with Gasteiger partial charge in [-0.25, -0.2) is 4.39 Å². The minimum atomic E-state index is -0.411. The lowest BCUT2D eigenvalue weighted by atomic mass is 10.3. The molecular weight excluding hydrogens is 235 g/mol. The highest BCUT2D eigenvalue weighted by Gasteiger charge is 2.01. The van der Waals surface area contributed by atoms with Gasteiger partial charge in [0.15, 0.2) is 0 Å². The summed E-state index contributed by atoms with van der Waals surface area (Å²) in [5, 5.41) is 3.22. The minimum Gasteiger partial charge on any atom is -0.380 e. The Morgan fingerprint density at radius 2 is 2.33 bits per heavy atom. The SMILES string of the molecule is Fc1cc(NCc2cncs2)ccc1Cl. The fraction of sp³-hybridized carbons (Fsp3) is 0.100. The van der Waals surface area contributed by atoms with E-state index in [1.165, 1.54) is 12.1 Å². The van der Waals surface area contributed by atoms with E-state index in [1.807, 2.05) is 0 Å². The van der Waals surface area contributed by atoms with Crippen LogP contribution in [0.1, 0.15) is 4.88 Å². The highest BCUT2D eigenvalue weighted by atomic mass is 35.5. The number of rotatable bonds is 3. The molecule has 0 amide bonds. The van der Waals surface area contributed by atoms with Crippen LogP contribution in [-0.4, -0.2) is 4.98 Å². The van der Waals surface area contributed by atoms with Crippen LogP contribution >= 0.6 is 22.9 Å². The van der Waals surface area contributed by atoms with E-state index in [0.717, 1.165) is 4.88 Å². The van der Waals surface area contributed by atoms with E-state index in [-0.39, 0.29) is 5.02 Å². The molecular formula is C10H8ClFN2S. The molecule has 0 atom stereocenters. The van der Waals surface area contributed by atoms with Crippen LogP contribution < -0.4 is 5.32 Å². The molecule has 1 aromatic heterocycles. The maximum atomic E-state index is 13.1. The van der Waals surface area contributed by atoms with Gasteiger partial charge in [0.2, 0.25) is 0 Å². The number of benzene rings is 1. The number of aromatic nitrogens is 1. The average molecular weight is 243 g/mol. The van der Waals surface area contributed by atoms with E-state index < -0.39 is 5.82 Å². The van der Waals surface area contributed by atoms with Gasteiger partial charge in [0.1, 0.15) is 5.82 Å². The van der Waals surface area contributed by atoms with Crippen molar-refractivity contribution in [1.29, 1.82) is 0 Å². The molecule has 0 saturated carbocycles. The Bertz CT molecular complexity index is 445. The quantitative estimate of drug-likeness (QED) is 0.891. The molecule has 0 fully saturated rings. The lowest BCUT2D eigenvalue weighted by molar-refractivity contribution is 0.628. The summed E-state index contributed by atoms with van der Waals surface area (Å²) in [6.45, 7) is 0.645. The van der Waals surface area contributed by atoms with Gasteiger partial charge < -0.3 is 5.32 Å². The van der Waals surface area contributed by atoms with Crippen molar-refractivity contribution in [2.24, 2.45) is 0 Å². The Morgan fingerprint density at radius 1 is 1.47 bits per heavy atom. The zero-order chi connectivity index (χ0) is 10.7. The normalized spacial score (nSPS) is 10.3. The average Bonchev–Trinajstić information content (AvgIpc) is 2.73. The van der Waals surface area contributed by atoms with Crippen LogP contribution in [-0.2, 0) is 6.54 Å². The van der Waals surface area contributed by atoms with Gasteiger partial charge in [-0.2, -0.15) is 0 Å². The Labute approximate surface area is 95.7 Å². The standard InChI is InChI=1S/C10H8ClFN2S/c11-9-2-1-7(3-10(9)12)14-5-8-4-13-6-15-8/h1-4,6,14H,5H2. The topological polar surface area (TPSA) is 24.9 Å². The molecule has 1 aromatic carbocycles. The number of nitrogens with zero attached hydrogens (tertiary/aromatic N) is 1. The monoisotopic (exact) mass is 242 g/mol. The van der Waals surface area contributed by atoms with Gasteiger partial charge in [-0.15, -0.1) is 11.3 Å². The van der Waals surface area contributed by atoms with E-state index in [0.29, 0.717) is 12.2 Å². The van der Waals surface area contributed by atoms with Crippen LogP contribution in [0.4, 0.5) is 10.1 Å². The van der Waals surface area contributed by atoms with Gasteiger partial charge in [0, 0.05) is 16.8 Å². The summed E-state index contributed by atoms with van der Waals surface area (Å²) < 4.78 is 13.1. The second-order valence-electron chi connectivity index (χ2n) is 2.95. The molecule has 0 aliphatic heterocycles. The molecule has 2 aromatic rings. The molecule has 1 N–H and O–H groups in total. The smallest absolute Gasteiger partial charge is 0.143 e. The van der Waals surface area contributed by atoms with Gasteiger partial charge in [0.05, 0.1) is 17.1 Å². The lowest BCUT2D eigenvalue weighted by Crippen LogP contribution is -1.97. The largest absolute Gasteiger partial charge is 0.380 e. The molecule has 0 aliphatic rings. The second kappa shape index (κ2) is 4.59. The molecule has 5 heteroatoms. The Kier molecular flexibility index (Phi) is 3.18. The van der Waals surface area contributed by atoms with Crippen molar-refractivity contribution in [1.82, 2.24) is 4.98 Å². The van der Waals surface area contributed by atoms with E-state index in [1.54, 1.807) is 29.1 Å².